The van der Waals surface area contributed by atoms with Crippen LogP contribution in [0.2, 0.25) is 0 Å². The average molecular weight is 267 g/mol. The van der Waals surface area contributed by atoms with Crippen LogP contribution in [0.4, 0.5) is 4.39 Å². The van der Waals surface area contributed by atoms with E-state index in [1.54, 1.807) is 6.07 Å². The molecule has 2 nitrogen and oxygen atoms in total. The molecular formula is C14H18FNOS. The molecule has 1 aromatic carbocycles. The van der Waals surface area contributed by atoms with Crippen LogP contribution in [-0.4, -0.2) is 12.1 Å². The Bertz CT molecular complexity index is 443. The highest BCUT2D eigenvalue weighted by Crippen LogP contribution is 2.38. The van der Waals surface area contributed by atoms with Gasteiger partial charge in [-0.3, -0.25) is 0 Å². The van der Waals surface area contributed by atoms with E-state index in [1.807, 2.05) is 6.07 Å². The van der Waals surface area contributed by atoms with Crippen LogP contribution in [-0.2, 0) is 0 Å². The van der Waals surface area contributed by atoms with Crippen LogP contribution in [0.15, 0.2) is 18.2 Å². The van der Waals surface area contributed by atoms with Crippen LogP contribution >= 0.6 is 12.2 Å². The summed E-state index contributed by atoms with van der Waals surface area (Å²) < 4.78 is 18.7. The van der Waals surface area contributed by atoms with Crippen LogP contribution in [0.3, 0.4) is 0 Å². The Morgan fingerprint density at radius 2 is 2.11 bits per heavy atom. The molecule has 4 heteroatoms. The van der Waals surface area contributed by atoms with E-state index in [4.69, 9.17) is 22.7 Å². The summed E-state index contributed by atoms with van der Waals surface area (Å²) in [6.45, 7) is 0. The van der Waals surface area contributed by atoms with Crippen molar-refractivity contribution in [3.05, 3.63) is 29.6 Å². The molecule has 0 bridgehead atoms. The number of thiocarbonyl (C=S) groups is 1. The van der Waals surface area contributed by atoms with Crippen molar-refractivity contribution in [2.75, 3.05) is 7.11 Å². The Labute approximate surface area is 112 Å². The van der Waals surface area contributed by atoms with E-state index in [0.29, 0.717) is 10.9 Å². The summed E-state index contributed by atoms with van der Waals surface area (Å²) >= 11 is 5.16. The van der Waals surface area contributed by atoms with Crippen molar-refractivity contribution in [2.24, 2.45) is 11.7 Å². The monoisotopic (exact) mass is 267 g/mol. The molecule has 0 amide bonds. The largest absolute Gasteiger partial charge is 0.494 e. The SMILES string of the molecule is COc1ccc(C(C(N)=S)C2CCCC2)cc1F. The summed E-state index contributed by atoms with van der Waals surface area (Å²) in [6, 6.07) is 5.01. The summed E-state index contributed by atoms with van der Waals surface area (Å²) in [5, 5.41) is 0. The maximum atomic E-state index is 13.8. The molecule has 2 N–H and O–H groups in total. The zero-order chi connectivity index (χ0) is 13.1. The van der Waals surface area contributed by atoms with Gasteiger partial charge in [-0.15, -0.1) is 0 Å². The van der Waals surface area contributed by atoms with Crippen molar-refractivity contribution < 1.29 is 9.13 Å². The lowest BCUT2D eigenvalue weighted by molar-refractivity contribution is 0.385. The van der Waals surface area contributed by atoms with Gasteiger partial charge in [-0.05, 0) is 36.5 Å². The first-order valence-corrected chi connectivity index (χ1v) is 6.67. The van der Waals surface area contributed by atoms with Gasteiger partial charge in [0.2, 0.25) is 0 Å². The predicted octanol–water partition coefficient (Wildman–Crippen LogP) is 3.39. The Morgan fingerprint density at radius 3 is 2.61 bits per heavy atom. The third kappa shape index (κ3) is 2.64. The van der Waals surface area contributed by atoms with Gasteiger partial charge in [0.05, 0.1) is 12.1 Å². The molecule has 18 heavy (non-hydrogen) atoms. The van der Waals surface area contributed by atoms with Crippen LogP contribution in [0.1, 0.15) is 37.2 Å². The molecule has 1 fully saturated rings. The average Bonchev–Trinajstić information content (AvgIpc) is 2.82. The van der Waals surface area contributed by atoms with E-state index >= 15 is 0 Å². The van der Waals surface area contributed by atoms with Gasteiger partial charge in [0.1, 0.15) is 0 Å². The molecule has 1 aliphatic rings. The van der Waals surface area contributed by atoms with Crippen molar-refractivity contribution >= 4 is 17.2 Å². The van der Waals surface area contributed by atoms with Gasteiger partial charge in [-0.2, -0.15) is 0 Å². The summed E-state index contributed by atoms with van der Waals surface area (Å²) in [5.74, 6) is 0.347. The molecule has 0 aliphatic heterocycles. The fourth-order valence-electron chi connectivity index (χ4n) is 2.84. The van der Waals surface area contributed by atoms with Gasteiger partial charge in [0.15, 0.2) is 11.6 Å². The number of rotatable bonds is 4. The molecule has 0 radical (unpaired) electrons. The minimum Gasteiger partial charge on any atom is -0.494 e. The summed E-state index contributed by atoms with van der Waals surface area (Å²) in [4.78, 5) is 0.464. The lowest BCUT2D eigenvalue weighted by Gasteiger charge is -2.23. The molecule has 98 valence electrons. The molecule has 1 atom stereocenters. The van der Waals surface area contributed by atoms with Crippen molar-refractivity contribution in [2.45, 2.75) is 31.6 Å². The molecular weight excluding hydrogens is 249 g/mol. The maximum absolute atomic E-state index is 13.8. The second-order valence-electron chi connectivity index (χ2n) is 4.82. The fourth-order valence-corrected chi connectivity index (χ4v) is 3.16. The van der Waals surface area contributed by atoms with Crippen molar-refractivity contribution in [1.29, 1.82) is 0 Å². The lowest BCUT2D eigenvalue weighted by atomic mass is 9.85. The van der Waals surface area contributed by atoms with E-state index in [1.165, 1.54) is 26.0 Å². The molecule has 1 aliphatic carbocycles. The highest BCUT2D eigenvalue weighted by molar-refractivity contribution is 7.80. The highest BCUT2D eigenvalue weighted by atomic mass is 32.1. The Balaban J connectivity index is 2.30. The minimum absolute atomic E-state index is 0.0112. The molecule has 1 saturated carbocycles. The maximum Gasteiger partial charge on any atom is 0.165 e. The zero-order valence-electron chi connectivity index (χ0n) is 10.5. The third-order valence-corrected chi connectivity index (χ3v) is 3.97. The van der Waals surface area contributed by atoms with Crippen LogP contribution in [0.25, 0.3) is 0 Å². The molecule has 0 aromatic heterocycles. The molecule has 1 aromatic rings. The quantitative estimate of drug-likeness (QED) is 0.849. The predicted molar refractivity (Wildman–Crippen MR) is 74.4 cm³/mol. The number of methoxy groups -OCH3 is 1. The summed E-state index contributed by atoms with van der Waals surface area (Å²) in [6.07, 6.45) is 4.66. The third-order valence-electron chi connectivity index (χ3n) is 3.71. The Kier molecular flexibility index (Phi) is 4.17. The number of benzene rings is 1. The van der Waals surface area contributed by atoms with Gasteiger partial charge in [-0.1, -0.05) is 31.1 Å². The smallest absolute Gasteiger partial charge is 0.165 e. The van der Waals surface area contributed by atoms with E-state index < -0.39 is 0 Å². The molecule has 0 saturated heterocycles. The van der Waals surface area contributed by atoms with Gasteiger partial charge in [-0.25, -0.2) is 4.39 Å². The molecule has 2 rings (SSSR count). The lowest BCUT2D eigenvalue weighted by Crippen LogP contribution is -2.25. The van der Waals surface area contributed by atoms with Gasteiger partial charge < -0.3 is 10.5 Å². The zero-order valence-corrected chi connectivity index (χ0v) is 11.3. The van der Waals surface area contributed by atoms with E-state index in [0.717, 1.165) is 18.4 Å². The van der Waals surface area contributed by atoms with Crippen LogP contribution < -0.4 is 10.5 Å². The first-order chi connectivity index (χ1) is 8.63. The minimum atomic E-state index is -0.353. The number of halogens is 1. The summed E-state index contributed by atoms with van der Waals surface area (Å²) in [5.41, 5.74) is 6.72. The van der Waals surface area contributed by atoms with Crippen molar-refractivity contribution in [3.8, 4) is 5.75 Å². The van der Waals surface area contributed by atoms with Crippen LogP contribution in [0.5, 0.6) is 5.75 Å². The van der Waals surface area contributed by atoms with E-state index in [9.17, 15) is 4.39 Å². The normalized spacial score (nSPS) is 17.7. The van der Waals surface area contributed by atoms with Crippen LogP contribution in [0, 0.1) is 11.7 Å². The van der Waals surface area contributed by atoms with Crippen molar-refractivity contribution in [3.63, 3.8) is 0 Å². The Hall–Kier alpha value is -1.16. The van der Waals surface area contributed by atoms with Gasteiger partial charge in [0.25, 0.3) is 0 Å². The summed E-state index contributed by atoms with van der Waals surface area (Å²) in [7, 11) is 1.46. The molecule has 0 spiro atoms. The Morgan fingerprint density at radius 1 is 1.44 bits per heavy atom. The highest BCUT2D eigenvalue weighted by Gasteiger charge is 2.28. The topological polar surface area (TPSA) is 35.2 Å². The second-order valence-corrected chi connectivity index (χ2v) is 5.29. The standard InChI is InChI=1S/C14H18FNOS/c1-17-12-7-6-10(8-11(12)15)13(14(16)18)9-4-2-3-5-9/h6-9,13H,2-5H2,1H3,(H2,16,18). The van der Waals surface area contributed by atoms with E-state index in [-0.39, 0.29) is 17.5 Å². The van der Waals surface area contributed by atoms with E-state index in [2.05, 4.69) is 0 Å². The van der Waals surface area contributed by atoms with Crippen molar-refractivity contribution in [1.82, 2.24) is 0 Å². The molecule has 1 unspecified atom stereocenters. The number of hydrogen-bond acceptors (Lipinski definition) is 2. The first-order valence-electron chi connectivity index (χ1n) is 6.26. The number of ether oxygens (including phenoxy) is 1. The first kappa shape index (κ1) is 13.3. The number of hydrogen-bond donors (Lipinski definition) is 1. The second kappa shape index (κ2) is 5.65. The van der Waals surface area contributed by atoms with Gasteiger partial charge >= 0.3 is 0 Å². The number of nitrogens with two attached hydrogens (primary N) is 1. The fraction of sp³-hybridized carbons (Fsp3) is 0.500. The molecule has 0 heterocycles. The van der Waals surface area contributed by atoms with Gasteiger partial charge in [0, 0.05) is 5.92 Å².